The largest absolute Gasteiger partial charge is 0.330 e. The van der Waals surface area contributed by atoms with Crippen LogP contribution < -0.4 is 0 Å². The Kier molecular flexibility index (Phi) is 3.87. The van der Waals surface area contributed by atoms with Crippen molar-refractivity contribution in [3.8, 4) is 0 Å². The number of nitrogens with zero attached hydrogens (tertiary/aromatic N) is 2. The molecule has 2 aromatic carbocycles. The molecule has 0 fully saturated rings. The van der Waals surface area contributed by atoms with Crippen LogP contribution in [-0.4, -0.2) is 9.55 Å². The topological polar surface area (TPSA) is 17.8 Å². The molecule has 0 saturated heterocycles. The molecular weight excluding hydrogens is 256 g/mol. The summed E-state index contributed by atoms with van der Waals surface area (Å²) >= 11 is 0. The zero-order chi connectivity index (χ0) is 14.7. The summed E-state index contributed by atoms with van der Waals surface area (Å²) in [6.07, 6.45) is 3.96. The van der Waals surface area contributed by atoms with Gasteiger partial charge >= 0.3 is 0 Å². The number of aromatic nitrogens is 2. The summed E-state index contributed by atoms with van der Waals surface area (Å²) in [5.74, 6) is 1.41. The molecule has 1 heterocycles. The third-order valence-electron chi connectivity index (χ3n) is 3.87. The molecule has 0 spiro atoms. The van der Waals surface area contributed by atoms with E-state index in [1.54, 1.807) is 0 Å². The van der Waals surface area contributed by atoms with Crippen molar-refractivity contribution in [2.75, 3.05) is 0 Å². The molecule has 3 aromatic rings. The van der Waals surface area contributed by atoms with E-state index in [9.17, 15) is 0 Å². The van der Waals surface area contributed by atoms with Gasteiger partial charge in [-0.3, -0.25) is 0 Å². The van der Waals surface area contributed by atoms with Gasteiger partial charge in [-0.2, -0.15) is 0 Å². The van der Waals surface area contributed by atoms with Crippen LogP contribution in [0, 0.1) is 6.92 Å². The van der Waals surface area contributed by atoms with Crippen LogP contribution in [-0.2, 0) is 6.54 Å². The second-order valence-corrected chi connectivity index (χ2v) is 5.53. The van der Waals surface area contributed by atoms with Crippen molar-refractivity contribution in [2.45, 2.75) is 26.3 Å². The molecule has 0 aliphatic rings. The molecule has 21 heavy (non-hydrogen) atoms. The van der Waals surface area contributed by atoms with Crippen molar-refractivity contribution in [3.63, 3.8) is 0 Å². The van der Waals surface area contributed by atoms with Crippen LogP contribution in [0.15, 0.2) is 67.0 Å². The maximum Gasteiger partial charge on any atom is 0.116 e. The average molecular weight is 276 g/mol. The zero-order valence-corrected chi connectivity index (χ0v) is 12.5. The lowest BCUT2D eigenvalue weighted by molar-refractivity contribution is 0.689. The van der Waals surface area contributed by atoms with Gasteiger partial charge in [-0.1, -0.05) is 67.1 Å². The van der Waals surface area contributed by atoms with Crippen molar-refractivity contribution in [3.05, 3.63) is 89.5 Å². The Morgan fingerprint density at radius 3 is 2.62 bits per heavy atom. The highest BCUT2D eigenvalue weighted by Gasteiger charge is 2.14. The Morgan fingerprint density at radius 2 is 1.86 bits per heavy atom. The highest BCUT2D eigenvalue weighted by atomic mass is 15.1. The molecule has 0 radical (unpaired) electrons. The Morgan fingerprint density at radius 1 is 1.05 bits per heavy atom. The summed E-state index contributed by atoms with van der Waals surface area (Å²) in [6.45, 7) is 5.22. The Labute approximate surface area is 126 Å². The van der Waals surface area contributed by atoms with E-state index >= 15 is 0 Å². The maximum atomic E-state index is 4.58. The number of hydrogen-bond donors (Lipinski definition) is 0. The predicted octanol–water partition coefficient (Wildman–Crippen LogP) is 4.39. The maximum absolute atomic E-state index is 4.58. The van der Waals surface area contributed by atoms with E-state index in [4.69, 9.17) is 0 Å². The number of benzene rings is 2. The highest BCUT2D eigenvalue weighted by Crippen LogP contribution is 2.24. The molecule has 0 amide bonds. The SMILES string of the molecule is Cc1cccc(C(C)c2nccn2Cc2ccccc2)c1. The predicted molar refractivity (Wildman–Crippen MR) is 86.5 cm³/mol. The Hall–Kier alpha value is -2.35. The van der Waals surface area contributed by atoms with Crippen LogP contribution in [0.4, 0.5) is 0 Å². The van der Waals surface area contributed by atoms with Crippen LogP contribution in [0.2, 0.25) is 0 Å². The monoisotopic (exact) mass is 276 g/mol. The minimum absolute atomic E-state index is 0.295. The second kappa shape index (κ2) is 5.96. The van der Waals surface area contributed by atoms with E-state index < -0.39 is 0 Å². The van der Waals surface area contributed by atoms with Crippen LogP contribution in [0.25, 0.3) is 0 Å². The van der Waals surface area contributed by atoms with Crippen molar-refractivity contribution in [1.29, 1.82) is 0 Å². The number of hydrogen-bond acceptors (Lipinski definition) is 1. The highest BCUT2D eigenvalue weighted by molar-refractivity contribution is 5.29. The summed E-state index contributed by atoms with van der Waals surface area (Å²) in [5.41, 5.74) is 3.91. The van der Waals surface area contributed by atoms with Gasteiger partial charge in [-0.05, 0) is 18.1 Å². The third-order valence-corrected chi connectivity index (χ3v) is 3.87. The molecule has 1 atom stereocenters. The molecule has 106 valence electrons. The van der Waals surface area contributed by atoms with Crippen LogP contribution in [0.1, 0.15) is 35.4 Å². The van der Waals surface area contributed by atoms with Gasteiger partial charge in [-0.15, -0.1) is 0 Å². The van der Waals surface area contributed by atoms with Crippen LogP contribution >= 0.6 is 0 Å². The summed E-state index contributed by atoms with van der Waals surface area (Å²) in [4.78, 5) is 4.58. The van der Waals surface area contributed by atoms with Crippen molar-refractivity contribution in [2.24, 2.45) is 0 Å². The fourth-order valence-corrected chi connectivity index (χ4v) is 2.70. The minimum atomic E-state index is 0.295. The lowest BCUT2D eigenvalue weighted by Crippen LogP contribution is -2.08. The fraction of sp³-hybridized carbons (Fsp3) is 0.211. The molecule has 0 saturated carbocycles. The van der Waals surface area contributed by atoms with E-state index in [1.165, 1.54) is 16.7 Å². The molecule has 0 aliphatic heterocycles. The molecule has 0 N–H and O–H groups in total. The first-order valence-corrected chi connectivity index (χ1v) is 7.35. The quantitative estimate of drug-likeness (QED) is 0.691. The molecule has 0 aliphatic carbocycles. The van der Waals surface area contributed by atoms with Crippen LogP contribution in [0.5, 0.6) is 0 Å². The van der Waals surface area contributed by atoms with E-state index in [2.05, 4.69) is 78.1 Å². The number of aryl methyl sites for hydroxylation is 1. The van der Waals surface area contributed by atoms with Gasteiger partial charge in [-0.25, -0.2) is 4.98 Å². The average Bonchev–Trinajstić information content (AvgIpc) is 2.95. The van der Waals surface area contributed by atoms with Gasteiger partial charge in [0.1, 0.15) is 5.82 Å². The van der Waals surface area contributed by atoms with Crippen molar-refractivity contribution >= 4 is 0 Å². The Bertz CT molecular complexity index is 713. The molecule has 2 nitrogen and oxygen atoms in total. The first-order chi connectivity index (χ1) is 10.2. The summed E-state index contributed by atoms with van der Waals surface area (Å²) in [7, 11) is 0. The molecule has 3 rings (SSSR count). The first kappa shape index (κ1) is 13.6. The number of imidazole rings is 1. The first-order valence-electron chi connectivity index (χ1n) is 7.35. The van der Waals surface area contributed by atoms with Gasteiger partial charge in [0.2, 0.25) is 0 Å². The summed E-state index contributed by atoms with van der Waals surface area (Å²) in [5, 5.41) is 0. The molecule has 1 unspecified atom stereocenters. The molecular formula is C19H20N2. The standard InChI is InChI=1S/C19H20N2/c1-15-7-6-10-18(13-15)16(2)19-20-11-12-21(19)14-17-8-4-3-5-9-17/h3-13,16H,14H2,1-2H3. The second-order valence-electron chi connectivity index (χ2n) is 5.53. The Balaban J connectivity index is 1.88. The van der Waals surface area contributed by atoms with Crippen LogP contribution in [0.3, 0.4) is 0 Å². The van der Waals surface area contributed by atoms with Gasteiger partial charge in [0.25, 0.3) is 0 Å². The fourth-order valence-electron chi connectivity index (χ4n) is 2.70. The van der Waals surface area contributed by atoms with E-state index in [1.807, 2.05) is 12.3 Å². The van der Waals surface area contributed by atoms with Crippen molar-refractivity contribution in [1.82, 2.24) is 9.55 Å². The molecule has 2 heteroatoms. The normalized spacial score (nSPS) is 12.3. The van der Waals surface area contributed by atoms with Gasteiger partial charge in [0, 0.05) is 24.9 Å². The third kappa shape index (κ3) is 3.05. The van der Waals surface area contributed by atoms with Gasteiger partial charge < -0.3 is 4.57 Å². The summed E-state index contributed by atoms with van der Waals surface area (Å²) < 4.78 is 2.24. The molecule has 0 bridgehead atoms. The smallest absolute Gasteiger partial charge is 0.116 e. The number of rotatable bonds is 4. The van der Waals surface area contributed by atoms with E-state index in [0.717, 1.165) is 12.4 Å². The lowest BCUT2D eigenvalue weighted by Gasteiger charge is -2.15. The van der Waals surface area contributed by atoms with E-state index in [0.29, 0.717) is 5.92 Å². The lowest BCUT2D eigenvalue weighted by atomic mass is 9.98. The van der Waals surface area contributed by atoms with Gasteiger partial charge in [0.05, 0.1) is 0 Å². The minimum Gasteiger partial charge on any atom is -0.330 e. The van der Waals surface area contributed by atoms with Crippen molar-refractivity contribution < 1.29 is 0 Å². The van der Waals surface area contributed by atoms with Gasteiger partial charge in [0.15, 0.2) is 0 Å². The zero-order valence-electron chi connectivity index (χ0n) is 12.5. The molecule has 1 aromatic heterocycles. The summed E-state index contributed by atoms with van der Waals surface area (Å²) in [6, 6.07) is 19.2. The van der Waals surface area contributed by atoms with E-state index in [-0.39, 0.29) is 0 Å².